The molecule has 2 amide bonds. The third-order valence-corrected chi connectivity index (χ3v) is 2.73. The number of rotatable bonds is 2. The van der Waals surface area contributed by atoms with Crippen LogP contribution in [-0.4, -0.2) is 32.0 Å². The summed E-state index contributed by atoms with van der Waals surface area (Å²) in [6, 6.07) is 5.42. The summed E-state index contributed by atoms with van der Waals surface area (Å²) < 4.78 is 5.15. The highest BCUT2D eigenvalue weighted by Crippen LogP contribution is 2.24. The fourth-order valence-corrected chi connectivity index (χ4v) is 1.82. The third kappa shape index (κ3) is 2.22. The Labute approximate surface area is 99.4 Å². The molecule has 0 bridgehead atoms. The van der Waals surface area contributed by atoms with Crippen molar-refractivity contribution in [3.63, 3.8) is 0 Å². The molecule has 1 aromatic rings. The number of nitrogens with one attached hydrogen (secondary N) is 1. The van der Waals surface area contributed by atoms with Gasteiger partial charge in [0.15, 0.2) is 0 Å². The minimum absolute atomic E-state index is 0.0594. The maximum atomic E-state index is 11.7. The Morgan fingerprint density at radius 1 is 1.35 bits per heavy atom. The first kappa shape index (κ1) is 11.4. The number of methoxy groups -OCH3 is 1. The summed E-state index contributed by atoms with van der Waals surface area (Å²) in [4.78, 5) is 24.4. The number of piperazine rings is 1. The highest BCUT2D eigenvalue weighted by Gasteiger charge is 2.24. The first-order chi connectivity index (χ1) is 8.11. The van der Waals surface area contributed by atoms with Gasteiger partial charge in [-0.3, -0.25) is 9.59 Å². The van der Waals surface area contributed by atoms with E-state index in [4.69, 9.17) is 4.74 Å². The van der Waals surface area contributed by atoms with E-state index in [1.807, 2.05) is 13.0 Å². The molecule has 1 aromatic carbocycles. The van der Waals surface area contributed by atoms with Crippen LogP contribution in [0, 0.1) is 6.92 Å². The molecule has 1 aliphatic heterocycles. The third-order valence-electron chi connectivity index (χ3n) is 2.73. The van der Waals surface area contributed by atoms with Crippen LogP contribution in [0.15, 0.2) is 18.2 Å². The van der Waals surface area contributed by atoms with Crippen molar-refractivity contribution in [1.82, 2.24) is 5.32 Å². The number of aryl methyl sites for hydroxylation is 1. The zero-order valence-electron chi connectivity index (χ0n) is 9.82. The Bertz CT molecular complexity index is 471. The summed E-state index contributed by atoms with van der Waals surface area (Å²) in [5.41, 5.74) is 1.66. The lowest BCUT2D eigenvalue weighted by Crippen LogP contribution is -2.51. The van der Waals surface area contributed by atoms with E-state index in [-0.39, 0.29) is 24.9 Å². The van der Waals surface area contributed by atoms with Crippen LogP contribution >= 0.6 is 0 Å². The number of amides is 2. The van der Waals surface area contributed by atoms with Gasteiger partial charge < -0.3 is 15.0 Å². The molecular weight excluding hydrogens is 220 g/mol. The normalized spacial score (nSPS) is 15.8. The molecule has 0 unspecified atom stereocenters. The lowest BCUT2D eigenvalue weighted by atomic mass is 10.1. The van der Waals surface area contributed by atoms with Gasteiger partial charge in [-0.2, -0.15) is 0 Å². The van der Waals surface area contributed by atoms with E-state index in [1.54, 1.807) is 19.2 Å². The van der Waals surface area contributed by atoms with Gasteiger partial charge in [-0.25, -0.2) is 0 Å². The predicted octanol–water partition coefficient (Wildman–Crippen LogP) is 0.466. The summed E-state index contributed by atoms with van der Waals surface area (Å²) in [5, 5.41) is 2.51. The van der Waals surface area contributed by atoms with Crippen molar-refractivity contribution in [3.8, 4) is 5.75 Å². The first-order valence-corrected chi connectivity index (χ1v) is 5.33. The summed E-state index contributed by atoms with van der Waals surface area (Å²) in [7, 11) is 1.60. The van der Waals surface area contributed by atoms with Crippen molar-refractivity contribution < 1.29 is 14.3 Å². The number of hydrogen-bond donors (Lipinski definition) is 1. The van der Waals surface area contributed by atoms with E-state index in [0.29, 0.717) is 0 Å². The molecule has 5 nitrogen and oxygen atoms in total. The molecule has 1 fully saturated rings. The Hall–Kier alpha value is -2.04. The van der Waals surface area contributed by atoms with Gasteiger partial charge in [0.1, 0.15) is 12.3 Å². The molecule has 0 aliphatic carbocycles. The van der Waals surface area contributed by atoms with Crippen molar-refractivity contribution >= 4 is 17.5 Å². The molecule has 2 rings (SSSR count). The second kappa shape index (κ2) is 4.45. The molecule has 0 aromatic heterocycles. The molecule has 1 N–H and O–H groups in total. The summed E-state index contributed by atoms with van der Waals surface area (Å²) in [6.07, 6.45) is 0. The van der Waals surface area contributed by atoms with Crippen molar-refractivity contribution in [3.05, 3.63) is 23.8 Å². The average Bonchev–Trinajstić information content (AvgIpc) is 2.32. The van der Waals surface area contributed by atoms with Gasteiger partial charge in [-0.15, -0.1) is 0 Å². The largest absolute Gasteiger partial charge is 0.496 e. The zero-order valence-corrected chi connectivity index (χ0v) is 9.82. The number of carbonyl (C=O) groups excluding carboxylic acids is 2. The fraction of sp³-hybridized carbons (Fsp3) is 0.333. The molecule has 0 saturated carbocycles. The van der Waals surface area contributed by atoms with Gasteiger partial charge in [0.2, 0.25) is 11.8 Å². The molecule has 0 atom stereocenters. The zero-order chi connectivity index (χ0) is 12.4. The minimum atomic E-state index is -0.141. The molecule has 1 aliphatic rings. The summed E-state index contributed by atoms with van der Waals surface area (Å²) in [6.45, 7) is 2.03. The minimum Gasteiger partial charge on any atom is -0.496 e. The maximum absolute atomic E-state index is 11.7. The quantitative estimate of drug-likeness (QED) is 0.809. The molecule has 1 heterocycles. The lowest BCUT2D eigenvalue weighted by molar-refractivity contribution is -0.128. The second-order valence-electron chi connectivity index (χ2n) is 3.91. The molecule has 1 saturated heterocycles. The smallest absolute Gasteiger partial charge is 0.246 e. The van der Waals surface area contributed by atoms with Gasteiger partial charge in [0, 0.05) is 5.69 Å². The Balaban J connectivity index is 2.29. The van der Waals surface area contributed by atoms with Crippen LogP contribution in [0.5, 0.6) is 5.75 Å². The SMILES string of the molecule is COc1ccc(N2CC(=O)NCC2=O)cc1C. The average molecular weight is 234 g/mol. The molecule has 5 heteroatoms. The van der Waals surface area contributed by atoms with Crippen LogP contribution in [0.2, 0.25) is 0 Å². The lowest BCUT2D eigenvalue weighted by Gasteiger charge is -2.27. The number of anilines is 1. The van der Waals surface area contributed by atoms with Crippen molar-refractivity contribution in [1.29, 1.82) is 0 Å². The Kier molecular flexibility index (Phi) is 2.99. The van der Waals surface area contributed by atoms with Crippen molar-refractivity contribution in [2.75, 3.05) is 25.1 Å². The molecule has 0 spiro atoms. The van der Waals surface area contributed by atoms with Crippen LogP contribution in [0.3, 0.4) is 0 Å². The summed E-state index contributed by atoms with van der Waals surface area (Å²) >= 11 is 0. The standard InChI is InChI=1S/C12H14N2O3/c1-8-5-9(3-4-10(8)17-2)14-7-11(15)13-6-12(14)16/h3-5H,6-7H2,1-2H3,(H,13,15). The van der Waals surface area contributed by atoms with E-state index in [2.05, 4.69) is 5.32 Å². The molecule has 17 heavy (non-hydrogen) atoms. The van der Waals surface area contributed by atoms with Gasteiger partial charge in [-0.1, -0.05) is 0 Å². The van der Waals surface area contributed by atoms with Crippen molar-refractivity contribution in [2.24, 2.45) is 0 Å². The van der Waals surface area contributed by atoms with Crippen LogP contribution in [0.4, 0.5) is 5.69 Å². The number of carbonyl (C=O) groups is 2. The monoisotopic (exact) mass is 234 g/mol. The van der Waals surface area contributed by atoms with E-state index in [1.165, 1.54) is 4.90 Å². The van der Waals surface area contributed by atoms with Crippen LogP contribution in [-0.2, 0) is 9.59 Å². The molecule has 0 radical (unpaired) electrons. The Morgan fingerprint density at radius 2 is 2.12 bits per heavy atom. The maximum Gasteiger partial charge on any atom is 0.246 e. The van der Waals surface area contributed by atoms with Crippen LogP contribution in [0.1, 0.15) is 5.56 Å². The number of hydrogen-bond acceptors (Lipinski definition) is 3. The second-order valence-corrected chi connectivity index (χ2v) is 3.91. The van der Waals surface area contributed by atoms with Crippen LogP contribution < -0.4 is 15.0 Å². The molecule has 90 valence electrons. The topological polar surface area (TPSA) is 58.6 Å². The van der Waals surface area contributed by atoms with Gasteiger partial charge in [-0.05, 0) is 30.7 Å². The van der Waals surface area contributed by atoms with E-state index < -0.39 is 0 Å². The van der Waals surface area contributed by atoms with Gasteiger partial charge in [0.05, 0.1) is 13.7 Å². The van der Waals surface area contributed by atoms with Crippen LogP contribution in [0.25, 0.3) is 0 Å². The Morgan fingerprint density at radius 3 is 2.76 bits per heavy atom. The van der Waals surface area contributed by atoms with E-state index >= 15 is 0 Å². The highest BCUT2D eigenvalue weighted by atomic mass is 16.5. The number of nitrogens with zero attached hydrogens (tertiary/aromatic N) is 1. The predicted molar refractivity (Wildman–Crippen MR) is 63.1 cm³/mol. The van der Waals surface area contributed by atoms with Gasteiger partial charge >= 0.3 is 0 Å². The van der Waals surface area contributed by atoms with Gasteiger partial charge in [0.25, 0.3) is 0 Å². The number of ether oxygens (including phenoxy) is 1. The van der Waals surface area contributed by atoms with Crippen molar-refractivity contribution in [2.45, 2.75) is 6.92 Å². The fourth-order valence-electron chi connectivity index (χ4n) is 1.82. The van der Waals surface area contributed by atoms with E-state index in [0.717, 1.165) is 17.0 Å². The number of benzene rings is 1. The summed E-state index contributed by atoms with van der Waals surface area (Å²) in [5.74, 6) is 0.523. The highest BCUT2D eigenvalue weighted by molar-refractivity contribution is 6.04. The van der Waals surface area contributed by atoms with E-state index in [9.17, 15) is 9.59 Å². The molecular formula is C12H14N2O3. The first-order valence-electron chi connectivity index (χ1n) is 5.33.